The van der Waals surface area contributed by atoms with Crippen molar-refractivity contribution in [1.29, 1.82) is 0 Å². The number of halogens is 1. The molecule has 2 aromatic rings. The van der Waals surface area contributed by atoms with E-state index in [1.807, 2.05) is 6.92 Å². The van der Waals surface area contributed by atoms with Gasteiger partial charge in [0.25, 0.3) is 0 Å². The highest BCUT2D eigenvalue weighted by Crippen LogP contribution is 2.27. The number of nitrogens with two attached hydrogens (primary N) is 1. The van der Waals surface area contributed by atoms with Crippen LogP contribution in [0.25, 0.3) is 0 Å². The Morgan fingerprint density at radius 1 is 1.10 bits per heavy atom. The van der Waals surface area contributed by atoms with Crippen molar-refractivity contribution in [1.82, 2.24) is 4.72 Å². The minimum atomic E-state index is -3.54. The van der Waals surface area contributed by atoms with Gasteiger partial charge in [-0.3, -0.25) is 0 Å². The third-order valence-electron chi connectivity index (χ3n) is 3.07. The largest absolute Gasteiger partial charge is 0.397 e. The van der Waals surface area contributed by atoms with Crippen molar-refractivity contribution in [2.75, 3.05) is 18.1 Å². The van der Waals surface area contributed by atoms with Crippen molar-refractivity contribution >= 4 is 27.1 Å². The lowest BCUT2D eigenvalue weighted by molar-refractivity contribution is 0.588. The zero-order chi connectivity index (χ0) is 15.6. The Morgan fingerprint density at radius 3 is 2.43 bits per heavy atom. The number of anilines is 3. The minimum absolute atomic E-state index is 0.0732. The van der Waals surface area contributed by atoms with Gasteiger partial charge in [-0.15, -0.1) is 0 Å². The Bertz CT molecular complexity index is 776. The Kier molecular flexibility index (Phi) is 4.15. The summed E-state index contributed by atoms with van der Waals surface area (Å²) >= 11 is 0. The first-order chi connectivity index (χ1) is 9.83. The van der Waals surface area contributed by atoms with Gasteiger partial charge >= 0.3 is 0 Å². The normalized spacial score (nSPS) is 11.4. The van der Waals surface area contributed by atoms with Crippen LogP contribution < -0.4 is 15.8 Å². The van der Waals surface area contributed by atoms with Crippen molar-refractivity contribution in [3.63, 3.8) is 0 Å². The van der Waals surface area contributed by atoms with Crippen LogP contribution in [0, 0.1) is 12.7 Å². The molecule has 0 saturated carbocycles. The van der Waals surface area contributed by atoms with Gasteiger partial charge in [0.05, 0.1) is 16.3 Å². The molecular weight excluding hydrogens is 293 g/mol. The first-order valence-corrected chi connectivity index (χ1v) is 7.68. The van der Waals surface area contributed by atoms with Gasteiger partial charge in [0.1, 0.15) is 5.82 Å². The molecule has 2 aromatic carbocycles. The summed E-state index contributed by atoms with van der Waals surface area (Å²) < 4.78 is 38.8. The Balaban J connectivity index is 2.36. The van der Waals surface area contributed by atoms with Crippen LogP contribution in [-0.2, 0) is 10.0 Å². The van der Waals surface area contributed by atoms with Gasteiger partial charge in [0.2, 0.25) is 10.0 Å². The quantitative estimate of drug-likeness (QED) is 0.757. The van der Waals surface area contributed by atoms with Crippen LogP contribution in [0.15, 0.2) is 41.3 Å². The number of rotatable bonds is 4. The molecule has 0 aliphatic rings. The zero-order valence-corrected chi connectivity index (χ0v) is 12.5. The lowest BCUT2D eigenvalue weighted by atomic mass is 10.2. The Hall–Kier alpha value is -2.12. The number of sulfonamides is 1. The standard InChI is InChI=1S/C14H16FN3O2S/c1-9-3-4-10(15)7-14(9)18-13-6-5-11(8-12(13)16)21(19,20)17-2/h3-8,17-18H,16H2,1-2H3. The maximum atomic E-state index is 13.3. The van der Waals surface area contributed by atoms with Gasteiger partial charge in [-0.2, -0.15) is 0 Å². The fourth-order valence-electron chi connectivity index (χ4n) is 1.81. The molecule has 0 amide bonds. The van der Waals surface area contributed by atoms with Crippen LogP contribution in [0.4, 0.5) is 21.5 Å². The van der Waals surface area contributed by atoms with Gasteiger partial charge in [-0.1, -0.05) is 6.07 Å². The molecule has 5 nitrogen and oxygen atoms in total. The molecule has 0 atom stereocenters. The van der Waals surface area contributed by atoms with Crippen LogP contribution in [0.5, 0.6) is 0 Å². The molecule has 0 unspecified atom stereocenters. The van der Waals surface area contributed by atoms with E-state index in [2.05, 4.69) is 10.0 Å². The van der Waals surface area contributed by atoms with E-state index in [9.17, 15) is 12.8 Å². The lowest BCUT2D eigenvalue weighted by Crippen LogP contribution is -2.18. The average Bonchev–Trinajstić information content (AvgIpc) is 2.44. The zero-order valence-electron chi connectivity index (χ0n) is 11.6. The highest BCUT2D eigenvalue weighted by Gasteiger charge is 2.13. The maximum Gasteiger partial charge on any atom is 0.240 e. The molecule has 0 heterocycles. The van der Waals surface area contributed by atoms with Gasteiger partial charge < -0.3 is 11.1 Å². The van der Waals surface area contributed by atoms with Crippen LogP contribution in [0.3, 0.4) is 0 Å². The smallest absolute Gasteiger partial charge is 0.240 e. The van der Waals surface area contributed by atoms with Crippen molar-refractivity contribution in [3.05, 3.63) is 47.8 Å². The molecule has 0 spiro atoms. The van der Waals surface area contributed by atoms with Crippen molar-refractivity contribution in [2.24, 2.45) is 0 Å². The summed E-state index contributed by atoms with van der Waals surface area (Å²) in [6.45, 7) is 1.83. The summed E-state index contributed by atoms with van der Waals surface area (Å²) in [7, 11) is -2.22. The topological polar surface area (TPSA) is 84.2 Å². The molecule has 2 rings (SSSR count). The van der Waals surface area contributed by atoms with Crippen LogP contribution in [0.2, 0.25) is 0 Å². The summed E-state index contributed by atoms with van der Waals surface area (Å²) in [6.07, 6.45) is 0. The van der Waals surface area contributed by atoms with Crippen molar-refractivity contribution in [3.8, 4) is 0 Å². The highest BCUT2D eigenvalue weighted by molar-refractivity contribution is 7.89. The lowest BCUT2D eigenvalue weighted by Gasteiger charge is -2.13. The molecule has 0 bridgehead atoms. The van der Waals surface area contributed by atoms with Crippen LogP contribution >= 0.6 is 0 Å². The number of benzene rings is 2. The summed E-state index contributed by atoms with van der Waals surface area (Å²) in [5, 5.41) is 3.00. The number of hydrogen-bond donors (Lipinski definition) is 3. The minimum Gasteiger partial charge on any atom is -0.397 e. The summed E-state index contributed by atoms with van der Waals surface area (Å²) in [5.41, 5.74) is 8.06. The summed E-state index contributed by atoms with van der Waals surface area (Å²) in [4.78, 5) is 0.0732. The second-order valence-corrected chi connectivity index (χ2v) is 6.43. The van der Waals surface area contributed by atoms with E-state index in [0.29, 0.717) is 11.4 Å². The predicted octanol–water partition coefficient (Wildman–Crippen LogP) is 2.37. The molecule has 0 radical (unpaired) electrons. The van der Waals surface area contributed by atoms with E-state index in [1.54, 1.807) is 12.1 Å². The fourth-order valence-corrected chi connectivity index (χ4v) is 2.58. The Morgan fingerprint density at radius 2 is 1.81 bits per heavy atom. The van der Waals surface area contributed by atoms with Gasteiger partial charge in [0.15, 0.2) is 0 Å². The first-order valence-electron chi connectivity index (χ1n) is 6.20. The van der Waals surface area contributed by atoms with E-state index in [-0.39, 0.29) is 16.4 Å². The number of nitrogen functional groups attached to an aromatic ring is 1. The van der Waals surface area contributed by atoms with Gasteiger partial charge in [0, 0.05) is 5.69 Å². The molecule has 0 fully saturated rings. The fraction of sp³-hybridized carbons (Fsp3) is 0.143. The van der Waals surface area contributed by atoms with Crippen molar-refractivity contribution in [2.45, 2.75) is 11.8 Å². The highest BCUT2D eigenvalue weighted by atomic mass is 32.2. The van der Waals surface area contributed by atoms with E-state index >= 15 is 0 Å². The van der Waals surface area contributed by atoms with E-state index in [4.69, 9.17) is 5.73 Å². The van der Waals surface area contributed by atoms with E-state index < -0.39 is 10.0 Å². The number of hydrogen-bond acceptors (Lipinski definition) is 4. The second-order valence-electron chi connectivity index (χ2n) is 4.54. The molecule has 7 heteroatoms. The van der Waals surface area contributed by atoms with Gasteiger partial charge in [-0.25, -0.2) is 17.5 Å². The molecule has 0 aliphatic carbocycles. The molecular formula is C14H16FN3O2S. The maximum absolute atomic E-state index is 13.3. The molecule has 0 aromatic heterocycles. The first kappa shape index (κ1) is 15.3. The third-order valence-corrected chi connectivity index (χ3v) is 4.48. The molecule has 112 valence electrons. The van der Waals surface area contributed by atoms with Gasteiger partial charge in [-0.05, 0) is 49.9 Å². The summed E-state index contributed by atoms with van der Waals surface area (Å²) in [5.74, 6) is -0.365. The average molecular weight is 309 g/mol. The van der Waals surface area contributed by atoms with Crippen LogP contribution in [-0.4, -0.2) is 15.5 Å². The van der Waals surface area contributed by atoms with E-state index in [1.165, 1.54) is 31.3 Å². The summed E-state index contributed by atoms with van der Waals surface area (Å²) in [6, 6.07) is 8.69. The predicted molar refractivity (Wildman–Crippen MR) is 81.5 cm³/mol. The number of aryl methyl sites for hydroxylation is 1. The number of nitrogens with one attached hydrogen (secondary N) is 2. The van der Waals surface area contributed by atoms with Crippen LogP contribution in [0.1, 0.15) is 5.56 Å². The Labute approximate surface area is 123 Å². The molecule has 21 heavy (non-hydrogen) atoms. The molecule has 0 saturated heterocycles. The SMILES string of the molecule is CNS(=O)(=O)c1ccc(Nc2cc(F)ccc2C)c(N)c1. The van der Waals surface area contributed by atoms with Crippen molar-refractivity contribution < 1.29 is 12.8 Å². The molecule has 4 N–H and O–H groups in total. The monoisotopic (exact) mass is 309 g/mol. The second kappa shape index (κ2) is 5.71. The van der Waals surface area contributed by atoms with E-state index in [0.717, 1.165) is 5.56 Å². The molecule has 0 aliphatic heterocycles. The third kappa shape index (κ3) is 3.32.